The number of hydrogen-bond acceptors (Lipinski definition) is 5. The molecule has 0 aliphatic rings. The van der Waals surface area contributed by atoms with E-state index in [1.807, 2.05) is 0 Å². The van der Waals surface area contributed by atoms with Crippen molar-refractivity contribution < 1.29 is 0 Å². The molecule has 0 saturated heterocycles. The molecular formula is C27H36ClN5. The van der Waals surface area contributed by atoms with Crippen molar-refractivity contribution in [2.24, 2.45) is 0 Å². The lowest BCUT2D eigenvalue weighted by Gasteiger charge is -2.33. The number of halogens is 1. The van der Waals surface area contributed by atoms with Crippen LogP contribution >= 0.6 is 11.6 Å². The quantitative estimate of drug-likeness (QED) is 0.354. The fourth-order valence-corrected chi connectivity index (χ4v) is 4.79. The topological polar surface area (TPSA) is 45.2 Å². The van der Waals surface area contributed by atoms with Gasteiger partial charge in [-0.25, -0.2) is 4.98 Å². The number of hydrogen-bond donors (Lipinski definition) is 0. The lowest BCUT2D eigenvalue weighted by Crippen LogP contribution is -2.36. The summed E-state index contributed by atoms with van der Waals surface area (Å²) in [4.78, 5) is 9.33. The van der Waals surface area contributed by atoms with Crippen LogP contribution in [0.4, 0.5) is 11.4 Å². The largest absolute Gasteiger partial charge is 0.367 e. The first-order chi connectivity index (χ1) is 15.6. The Kier molecular flexibility index (Phi) is 7.96. The molecule has 0 radical (unpaired) electrons. The Hall–Kier alpha value is -2.66. The Balaban J connectivity index is 1.99. The second-order valence-electron chi connectivity index (χ2n) is 9.56. The van der Waals surface area contributed by atoms with Gasteiger partial charge in [0.1, 0.15) is 11.4 Å². The smallest absolute Gasteiger partial charge is 0.243 e. The maximum Gasteiger partial charge on any atom is 0.243 e. The molecule has 0 N–H and O–H groups in total. The molecule has 0 aliphatic heterocycles. The highest BCUT2D eigenvalue weighted by molar-refractivity contribution is 6.28. The summed E-state index contributed by atoms with van der Waals surface area (Å²) in [6.45, 7) is 17.7. The zero-order valence-corrected chi connectivity index (χ0v) is 21.8. The Morgan fingerprint density at radius 2 is 0.909 bits per heavy atom. The van der Waals surface area contributed by atoms with Crippen LogP contribution in [-0.2, 0) is 0 Å². The summed E-state index contributed by atoms with van der Waals surface area (Å²) in [7, 11) is 0. The number of aromatic nitrogens is 3. The molecule has 3 rings (SSSR count). The Morgan fingerprint density at radius 3 is 1.27 bits per heavy atom. The molecule has 0 saturated carbocycles. The maximum absolute atomic E-state index is 6.16. The van der Waals surface area contributed by atoms with E-state index in [0.717, 1.165) is 22.5 Å². The van der Waals surface area contributed by atoms with Gasteiger partial charge in [-0.05, 0) is 91.3 Å². The summed E-state index contributed by atoms with van der Waals surface area (Å²) in [5.74, 6) is 0. The van der Waals surface area contributed by atoms with Gasteiger partial charge in [-0.3, -0.25) is 0 Å². The summed E-state index contributed by atoms with van der Waals surface area (Å²) in [6, 6.07) is 18.6. The minimum Gasteiger partial charge on any atom is -0.367 e. The van der Waals surface area contributed by atoms with Gasteiger partial charge in [-0.1, -0.05) is 24.3 Å². The van der Waals surface area contributed by atoms with Crippen molar-refractivity contribution in [2.45, 2.75) is 79.6 Å². The highest BCUT2D eigenvalue weighted by atomic mass is 35.5. The monoisotopic (exact) mass is 465 g/mol. The molecule has 6 heteroatoms. The van der Waals surface area contributed by atoms with Crippen molar-refractivity contribution in [3.63, 3.8) is 0 Å². The molecule has 33 heavy (non-hydrogen) atoms. The Bertz CT molecular complexity index is 1030. The van der Waals surface area contributed by atoms with Gasteiger partial charge in [0.15, 0.2) is 0 Å². The van der Waals surface area contributed by atoms with E-state index in [0.29, 0.717) is 24.2 Å². The van der Waals surface area contributed by atoms with Crippen molar-refractivity contribution in [1.29, 1.82) is 0 Å². The van der Waals surface area contributed by atoms with E-state index in [2.05, 4.69) is 129 Å². The number of benzene rings is 2. The van der Waals surface area contributed by atoms with E-state index < -0.39 is 0 Å². The van der Waals surface area contributed by atoms with Gasteiger partial charge in [0, 0.05) is 46.7 Å². The zero-order chi connectivity index (χ0) is 24.3. The third-order valence-electron chi connectivity index (χ3n) is 5.76. The maximum atomic E-state index is 6.16. The molecule has 5 nitrogen and oxygen atoms in total. The number of rotatable bonds is 8. The molecule has 1 aromatic heterocycles. The van der Waals surface area contributed by atoms with Gasteiger partial charge >= 0.3 is 0 Å². The molecule has 2 aromatic carbocycles. The van der Waals surface area contributed by atoms with E-state index in [1.54, 1.807) is 0 Å². The van der Waals surface area contributed by atoms with Crippen LogP contribution in [0, 0.1) is 0 Å². The van der Waals surface area contributed by atoms with Crippen LogP contribution in [-0.4, -0.2) is 39.3 Å². The molecule has 0 atom stereocenters. The molecule has 176 valence electrons. The predicted octanol–water partition coefficient (Wildman–Crippen LogP) is 7.11. The average Bonchev–Trinajstić information content (AvgIpc) is 2.74. The van der Waals surface area contributed by atoms with Crippen LogP contribution in [0.1, 0.15) is 55.4 Å². The van der Waals surface area contributed by atoms with E-state index in [-0.39, 0.29) is 5.28 Å². The average molecular weight is 466 g/mol. The van der Waals surface area contributed by atoms with Crippen molar-refractivity contribution in [2.75, 3.05) is 9.80 Å². The van der Waals surface area contributed by atoms with Crippen molar-refractivity contribution >= 4 is 23.0 Å². The highest BCUT2D eigenvalue weighted by Crippen LogP contribution is 2.32. The molecular weight excluding hydrogens is 430 g/mol. The second kappa shape index (κ2) is 10.5. The van der Waals surface area contributed by atoms with Crippen LogP contribution in [0.2, 0.25) is 5.28 Å². The van der Waals surface area contributed by atoms with Crippen molar-refractivity contribution in [3.8, 4) is 22.5 Å². The summed E-state index contributed by atoms with van der Waals surface area (Å²) >= 11 is 6.16. The number of nitrogens with zero attached hydrogens (tertiary/aromatic N) is 5. The molecule has 0 fully saturated rings. The fourth-order valence-electron chi connectivity index (χ4n) is 4.67. The van der Waals surface area contributed by atoms with E-state index >= 15 is 0 Å². The first kappa shape index (κ1) is 25.0. The van der Waals surface area contributed by atoms with Crippen LogP contribution < -0.4 is 9.80 Å². The molecule has 1 heterocycles. The third kappa shape index (κ3) is 5.64. The van der Waals surface area contributed by atoms with Gasteiger partial charge in [0.25, 0.3) is 0 Å². The second-order valence-corrected chi connectivity index (χ2v) is 9.90. The first-order valence-electron chi connectivity index (χ1n) is 11.8. The molecule has 0 bridgehead atoms. The molecule has 0 aliphatic carbocycles. The third-order valence-corrected chi connectivity index (χ3v) is 5.92. The summed E-state index contributed by atoms with van der Waals surface area (Å²) in [6.07, 6.45) is 0. The van der Waals surface area contributed by atoms with Crippen molar-refractivity contribution in [3.05, 3.63) is 53.8 Å². The van der Waals surface area contributed by atoms with E-state index in [4.69, 9.17) is 11.6 Å². The minimum absolute atomic E-state index is 0.145. The SMILES string of the molecule is CC(C)N(c1ccc(-c2nnc(Cl)nc2-c2ccc(N(C(C)C)C(C)C)cc2)cc1)C(C)C. The summed E-state index contributed by atoms with van der Waals surface area (Å²) in [5.41, 5.74) is 5.77. The van der Waals surface area contributed by atoms with Crippen LogP contribution in [0.5, 0.6) is 0 Å². The molecule has 0 unspecified atom stereocenters. The number of anilines is 2. The van der Waals surface area contributed by atoms with Gasteiger partial charge in [0.05, 0.1) is 0 Å². The molecule has 0 amide bonds. The minimum atomic E-state index is 0.145. The van der Waals surface area contributed by atoms with Crippen molar-refractivity contribution in [1.82, 2.24) is 15.2 Å². The lowest BCUT2D eigenvalue weighted by atomic mass is 10.0. The Labute approximate surface area is 203 Å². The summed E-state index contributed by atoms with van der Waals surface area (Å²) in [5, 5.41) is 8.59. The van der Waals surface area contributed by atoms with Gasteiger partial charge in [-0.2, -0.15) is 0 Å². The van der Waals surface area contributed by atoms with Crippen LogP contribution in [0.15, 0.2) is 48.5 Å². The zero-order valence-electron chi connectivity index (χ0n) is 21.0. The van der Waals surface area contributed by atoms with E-state index in [9.17, 15) is 0 Å². The summed E-state index contributed by atoms with van der Waals surface area (Å²) < 4.78 is 0. The van der Waals surface area contributed by atoms with Gasteiger partial charge in [0.2, 0.25) is 5.28 Å². The predicted molar refractivity (Wildman–Crippen MR) is 141 cm³/mol. The fraction of sp³-hybridized carbons (Fsp3) is 0.444. The van der Waals surface area contributed by atoms with Gasteiger partial charge in [-0.15, -0.1) is 10.2 Å². The molecule has 0 spiro atoms. The lowest BCUT2D eigenvalue weighted by molar-refractivity contribution is 0.608. The van der Waals surface area contributed by atoms with E-state index in [1.165, 1.54) is 11.4 Å². The van der Waals surface area contributed by atoms with Gasteiger partial charge < -0.3 is 9.80 Å². The standard InChI is InChI=1S/C27H36ClN5/c1-17(2)32(18(3)4)23-13-9-21(10-14-23)25-26(30-31-27(28)29-25)22-11-15-24(16-12-22)33(19(5)6)20(7)8/h9-20H,1-8H3. The van der Waals surface area contributed by atoms with Crippen LogP contribution in [0.3, 0.4) is 0 Å². The molecule has 3 aromatic rings. The van der Waals surface area contributed by atoms with Crippen LogP contribution in [0.25, 0.3) is 22.5 Å². The highest BCUT2D eigenvalue weighted by Gasteiger charge is 2.18. The Morgan fingerprint density at radius 1 is 0.545 bits per heavy atom. The first-order valence-corrected chi connectivity index (χ1v) is 12.2. The normalized spacial score (nSPS) is 11.7.